The summed E-state index contributed by atoms with van der Waals surface area (Å²) in [6.45, 7) is 9.26. The van der Waals surface area contributed by atoms with E-state index < -0.39 is 0 Å². The maximum absolute atomic E-state index is 6.99. The van der Waals surface area contributed by atoms with E-state index in [1.807, 2.05) is 6.07 Å². The lowest BCUT2D eigenvalue weighted by Gasteiger charge is -2.29. The normalized spacial score (nSPS) is 15.1. The van der Waals surface area contributed by atoms with Crippen molar-refractivity contribution in [2.75, 3.05) is 32.6 Å². The van der Waals surface area contributed by atoms with Crippen LogP contribution in [0.5, 0.6) is 5.75 Å². The van der Waals surface area contributed by atoms with Crippen molar-refractivity contribution in [3.63, 3.8) is 0 Å². The molecule has 0 radical (unpaired) electrons. The average molecular weight is 388 g/mol. The number of aromatic nitrogens is 3. The third-order valence-electron chi connectivity index (χ3n) is 5.42. The van der Waals surface area contributed by atoms with Crippen LogP contribution in [0.2, 0.25) is 0 Å². The van der Waals surface area contributed by atoms with Gasteiger partial charge in [0.15, 0.2) is 5.82 Å². The van der Waals surface area contributed by atoms with Crippen molar-refractivity contribution < 1.29 is 4.74 Å². The predicted molar refractivity (Wildman–Crippen MR) is 114 cm³/mol. The van der Waals surface area contributed by atoms with Gasteiger partial charge >= 0.3 is 0 Å². The second-order valence-corrected chi connectivity index (χ2v) is 7.34. The van der Waals surface area contributed by atoms with Crippen molar-refractivity contribution in [3.05, 3.63) is 59.6 Å². The Morgan fingerprint density at radius 2 is 2.00 bits per heavy atom. The second-order valence-electron chi connectivity index (χ2n) is 7.34. The summed E-state index contributed by atoms with van der Waals surface area (Å²) in [5.74, 6) is 2.72. The predicted octanol–water partition coefficient (Wildman–Crippen LogP) is 4.58. The highest BCUT2D eigenvalue weighted by molar-refractivity contribution is 5.71. The molecule has 1 aromatic carbocycles. The van der Waals surface area contributed by atoms with Crippen LogP contribution in [0.15, 0.2) is 42.6 Å². The van der Waals surface area contributed by atoms with Gasteiger partial charge in [-0.05, 0) is 62.7 Å². The lowest BCUT2D eigenvalue weighted by Crippen LogP contribution is -2.29. The van der Waals surface area contributed by atoms with E-state index in [0.29, 0.717) is 23.2 Å². The Hall–Kier alpha value is -3.37. The lowest BCUT2D eigenvalue weighted by molar-refractivity contribution is 0.255. The lowest BCUT2D eigenvalue weighted by atomic mass is 9.88. The molecule has 148 valence electrons. The van der Waals surface area contributed by atoms with Crippen LogP contribution in [0.1, 0.15) is 24.3 Å². The maximum Gasteiger partial charge on any atom is 0.205 e. The Balaban J connectivity index is 1.52. The molecule has 2 aromatic heterocycles. The fourth-order valence-corrected chi connectivity index (χ4v) is 3.71. The number of piperidine rings is 1. The van der Waals surface area contributed by atoms with Crippen molar-refractivity contribution in [1.82, 2.24) is 20.1 Å². The molecule has 0 bridgehead atoms. The number of methoxy groups -OCH3 is 1. The minimum atomic E-state index is 0.507. The number of H-pyrrole nitrogens is 1. The molecule has 0 amide bonds. The summed E-state index contributed by atoms with van der Waals surface area (Å²) < 4.78 is 5.69. The van der Waals surface area contributed by atoms with E-state index in [0.717, 1.165) is 30.1 Å². The van der Waals surface area contributed by atoms with E-state index in [1.54, 1.807) is 19.2 Å². The minimum Gasteiger partial charge on any atom is -0.496 e. The van der Waals surface area contributed by atoms with Crippen LogP contribution in [-0.2, 0) is 0 Å². The summed E-state index contributed by atoms with van der Waals surface area (Å²) in [5.41, 5.74) is 3.69. The monoisotopic (exact) mass is 388 g/mol. The van der Waals surface area contributed by atoms with Gasteiger partial charge in [0, 0.05) is 17.8 Å². The molecule has 0 spiro atoms. The maximum atomic E-state index is 6.99. The third-order valence-corrected chi connectivity index (χ3v) is 5.42. The van der Waals surface area contributed by atoms with E-state index in [2.05, 4.69) is 55.5 Å². The average Bonchev–Trinajstić information content (AvgIpc) is 3.22. The Morgan fingerprint density at radius 3 is 2.69 bits per heavy atom. The number of likely N-dealkylation sites (tertiary alicyclic amines) is 1. The first-order valence-electron chi connectivity index (χ1n) is 9.69. The van der Waals surface area contributed by atoms with Crippen LogP contribution < -0.4 is 10.1 Å². The molecular formula is C22H24N6O. The van der Waals surface area contributed by atoms with Gasteiger partial charge in [-0.15, -0.1) is 0 Å². The van der Waals surface area contributed by atoms with Crippen molar-refractivity contribution in [2.24, 2.45) is 0 Å². The van der Waals surface area contributed by atoms with Crippen molar-refractivity contribution in [3.8, 4) is 17.0 Å². The Bertz CT molecular complexity index is 1010. The van der Waals surface area contributed by atoms with Crippen LogP contribution in [0.25, 0.3) is 16.1 Å². The third kappa shape index (κ3) is 4.23. The SMILES string of the molecule is [C-]#[N+]c1ccc(Nc2cc(-c3ccc(C4CCN(C)CC4)cc3OC)[nH]n2)nc1. The summed E-state index contributed by atoms with van der Waals surface area (Å²) >= 11 is 0. The molecule has 0 atom stereocenters. The van der Waals surface area contributed by atoms with Crippen LogP contribution >= 0.6 is 0 Å². The Kier molecular flexibility index (Phi) is 5.45. The molecule has 2 N–H and O–H groups in total. The van der Waals surface area contributed by atoms with Gasteiger partial charge in [0.2, 0.25) is 5.69 Å². The molecular weight excluding hydrogens is 364 g/mol. The Labute approximate surface area is 170 Å². The molecule has 0 saturated carbocycles. The number of aromatic amines is 1. The van der Waals surface area contributed by atoms with Crippen LogP contribution in [0, 0.1) is 6.57 Å². The number of nitrogens with one attached hydrogen (secondary N) is 2. The topological polar surface area (TPSA) is 70.4 Å². The van der Waals surface area contributed by atoms with E-state index in [9.17, 15) is 0 Å². The van der Waals surface area contributed by atoms with Crippen molar-refractivity contribution in [1.29, 1.82) is 0 Å². The number of nitrogens with zero attached hydrogens (tertiary/aromatic N) is 4. The van der Waals surface area contributed by atoms with Crippen LogP contribution in [0.4, 0.5) is 17.3 Å². The first-order chi connectivity index (χ1) is 14.2. The van der Waals surface area contributed by atoms with Crippen LogP contribution in [0.3, 0.4) is 0 Å². The first-order valence-corrected chi connectivity index (χ1v) is 9.69. The smallest absolute Gasteiger partial charge is 0.205 e. The summed E-state index contributed by atoms with van der Waals surface area (Å²) in [5, 5.41) is 10.5. The second kappa shape index (κ2) is 8.33. The highest BCUT2D eigenvalue weighted by Gasteiger charge is 2.20. The zero-order chi connectivity index (χ0) is 20.2. The van der Waals surface area contributed by atoms with Crippen molar-refractivity contribution in [2.45, 2.75) is 18.8 Å². The zero-order valence-electron chi connectivity index (χ0n) is 16.6. The van der Waals surface area contributed by atoms with Gasteiger partial charge in [0.1, 0.15) is 11.6 Å². The summed E-state index contributed by atoms with van der Waals surface area (Å²) in [7, 11) is 3.88. The Morgan fingerprint density at radius 1 is 1.17 bits per heavy atom. The van der Waals surface area contributed by atoms with E-state index in [4.69, 9.17) is 11.3 Å². The first kappa shape index (κ1) is 19.0. The molecule has 7 nitrogen and oxygen atoms in total. The molecule has 29 heavy (non-hydrogen) atoms. The van der Waals surface area contributed by atoms with Gasteiger partial charge in [-0.2, -0.15) is 5.10 Å². The highest BCUT2D eigenvalue weighted by Crippen LogP contribution is 2.36. The van der Waals surface area contributed by atoms with Gasteiger partial charge in [0.05, 0.1) is 19.4 Å². The fourth-order valence-electron chi connectivity index (χ4n) is 3.71. The quantitative estimate of drug-likeness (QED) is 0.626. The zero-order valence-corrected chi connectivity index (χ0v) is 16.6. The molecule has 3 heterocycles. The fraction of sp³-hybridized carbons (Fsp3) is 0.318. The number of ether oxygens (including phenoxy) is 1. The number of pyridine rings is 1. The van der Waals surface area contributed by atoms with Crippen LogP contribution in [-0.4, -0.2) is 47.3 Å². The minimum absolute atomic E-state index is 0.507. The van der Waals surface area contributed by atoms with E-state index >= 15 is 0 Å². The molecule has 3 aromatic rings. The summed E-state index contributed by atoms with van der Waals surface area (Å²) in [6.07, 6.45) is 3.89. The molecule has 0 aliphatic carbocycles. The number of hydrogen-bond acceptors (Lipinski definition) is 5. The van der Waals surface area contributed by atoms with Gasteiger partial charge in [-0.25, -0.2) is 4.85 Å². The van der Waals surface area contributed by atoms with E-state index in [-0.39, 0.29) is 0 Å². The highest BCUT2D eigenvalue weighted by atomic mass is 16.5. The molecule has 0 unspecified atom stereocenters. The molecule has 1 fully saturated rings. The van der Waals surface area contributed by atoms with Gasteiger partial charge in [0.25, 0.3) is 0 Å². The van der Waals surface area contributed by atoms with E-state index in [1.165, 1.54) is 24.6 Å². The summed E-state index contributed by atoms with van der Waals surface area (Å²) in [6, 6.07) is 11.9. The number of rotatable bonds is 5. The molecule has 7 heteroatoms. The van der Waals surface area contributed by atoms with Crippen molar-refractivity contribution >= 4 is 17.3 Å². The van der Waals surface area contributed by atoms with Gasteiger partial charge in [-0.1, -0.05) is 12.1 Å². The number of anilines is 2. The van der Waals surface area contributed by atoms with Gasteiger partial charge < -0.3 is 15.0 Å². The largest absolute Gasteiger partial charge is 0.496 e. The molecule has 1 aliphatic rings. The number of hydrogen-bond donors (Lipinski definition) is 2. The number of benzene rings is 1. The standard InChI is InChI=1S/C22H24N6O/c1-23-17-5-7-21(24-14-17)25-22-13-19(26-27-22)18-6-4-16(12-20(18)29-3)15-8-10-28(2)11-9-15/h4-7,12-15H,8-11H2,2-3H3,(H2,24,25,26,27). The summed E-state index contributed by atoms with van der Waals surface area (Å²) in [4.78, 5) is 9.95. The van der Waals surface area contributed by atoms with Gasteiger partial charge in [-0.3, -0.25) is 10.1 Å². The molecule has 1 saturated heterocycles. The molecule has 1 aliphatic heterocycles. The molecule has 4 rings (SSSR count).